The molecule has 0 spiro atoms. The van der Waals surface area contributed by atoms with Crippen LogP contribution in [-0.2, 0) is 10.2 Å². The van der Waals surface area contributed by atoms with Crippen LogP contribution >= 0.6 is 0 Å². The highest BCUT2D eigenvalue weighted by Gasteiger charge is 2.44. The van der Waals surface area contributed by atoms with Crippen molar-refractivity contribution in [2.45, 2.75) is 57.1 Å². The highest BCUT2D eigenvalue weighted by atomic mass is 16.3. The number of hydrogen-bond donors (Lipinski definition) is 1. The molecule has 2 aliphatic carbocycles. The Labute approximate surface area is 133 Å². The van der Waals surface area contributed by atoms with E-state index in [-0.39, 0.29) is 12.0 Å². The predicted octanol–water partition coefficient (Wildman–Crippen LogP) is 2.97. The van der Waals surface area contributed by atoms with Crippen LogP contribution in [0, 0.1) is 11.8 Å². The lowest BCUT2D eigenvalue weighted by Gasteiger charge is -2.34. The molecule has 2 saturated carbocycles. The lowest BCUT2D eigenvalue weighted by atomic mass is 9.83. The molecule has 120 valence electrons. The van der Waals surface area contributed by atoms with Gasteiger partial charge in [-0.25, -0.2) is 0 Å². The maximum Gasteiger partial charge on any atom is 0.232 e. The van der Waals surface area contributed by atoms with E-state index >= 15 is 0 Å². The average Bonchev–Trinajstić information content (AvgIpc) is 3.03. The second-order valence-electron chi connectivity index (χ2n) is 7.68. The van der Waals surface area contributed by atoms with Crippen molar-refractivity contribution in [3.63, 3.8) is 0 Å². The molecule has 0 radical (unpaired) electrons. The van der Waals surface area contributed by atoms with Gasteiger partial charge in [-0.1, -0.05) is 30.3 Å². The lowest BCUT2D eigenvalue weighted by molar-refractivity contribution is -0.137. The van der Waals surface area contributed by atoms with E-state index in [0.717, 1.165) is 31.2 Å². The molecular formula is C19H27NO2. The van der Waals surface area contributed by atoms with Crippen LogP contribution in [-0.4, -0.2) is 35.1 Å². The number of amides is 1. The lowest BCUT2D eigenvalue weighted by Crippen LogP contribution is -2.45. The van der Waals surface area contributed by atoms with Crippen molar-refractivity contribution >= 4 is 5.91 Å². The molecule has 22 heavy (non-hydrogen) atoms. The summed E-state index contributed by atoms with van der Waals surface area (Å²) in [5.74, 6) is 1.41. The molecular weight excluding hydrogens is 274 g/mol. The van der Waals surface area contributed by atoms with Gasteiger partial charge in [0.15, 0.2) is 0 Å². The van der Waals surface area contributed by atoms with Crippen LogP contribution in [0.1, 0.15) is 45.1 Å². The van der Waals surface area contributed by atoms with E-state index in [9.17, 15) is 9.90 Å². The van der Waals surface area contributed by atoms with Gasteiger partial charge in [-0.2, -0.15) is 0 Å². The van der Waals surface area contributed by atoms with E-state index in [2.05, 4.69) is 0 Å². The zero-order valence-corrected chi connectivity index (χ0v) is 13.8. The summed E-state index contributed by atoms with van der Waals surface area (Å²) in [6.45, 7) is 4.03. The van der Waals surface area contributed by atoms with Crippen LogP contribution in [0.25, 0.3) is 0 Å². The number of aliphatic hydroxyl groups is 1. The summed E-state index contributed by atoms with van der Waals surface area (Å²) in [5, 5.41) is 9.77. The molecule has 3 heteroatoms. The summed E-state index contributed by atoms with van der Waals surface area (Å²) in [7, 11) is 1.95. The Bertz CT molecular complexity index is 526. The van der Waals surface area contributed by atoms with E-state index in [4.69, 9.17) is 0 Å². The van der Waals surface area contributed by atoms with Crippen molar-refractivity contribution in [3.05, 3.63) is 35.9 Å². The van der Waals surface area contributed by atoms with Gasteiger partial charge in [0.25, 0.3) is 0 Å². The molecule has 2 aliphatic rings. The van der Waals surface area contributed by atoms with E-state index in [1.807, 2.05) is 56.1 Å². The standard InChI is InChI=1S/C19H27NO2/c1-19(2,15-7-5-4-6-8-15)18(22)20(3)16-9-13-11-17(21)12-14(13)10-16/h4-8,13-14,16-17,21H,9-12H2,1-3H3/t13-,14+,16?,17?. The van der Waals surface area contributed by atoms with Crippen LogP contribution < -0.4 is 0 Å². The van der Waals surface area contributed by atoms with Crippen LogP contribution in [0.15, 0.2) is 30.3 Å². The summed E-state index contributed by atoms with van der Waals surface area (Å²) < 4.78 is 0. The maximum atomic E-state index is 13.0. The largest absolute Gasteiger partial charge is 0.393 e. The second-order valence-corrected chi connectivity index (χ2v) is 7.68. The molecule has 0 saturated heterocycles. The van der Waals surface area contributed by atoms with Gasteiger partial charge in [0, 0.05) is 13.1 Å². The summed E-state index contributed by atoms with van der Waals surface area (Å²) in [5.41, 5.74) is 0.577. The minimum atomic E-state index is -0.493. The summed E-state index contributed by atoms with van der Waals surface area (Å²) >= 11 is 0. The van der Waals surface area contributed by atoms with Gasteiger partial charge in [0.1, 0.15) is 0 Å². The zero-order chi connectivity index (χ0) is 15.9. The normalized spacial score (nSPS) is 31.1. The molecule has 1 aromatic carbocycles. The van der Waals surface area contributed by atoms with Gasteiger partial charge >= 0.3 is 0 Å². The van der Waals surface area contributed by atoms with Crippen molar-refractivity contribution in [1.82, 2.24) is 4.90 Å². The van der Waals surface area contributed by atoms with Crippen molar-refractivity contribution in [2.75, 3.05) is 7.05 Å². The van der Waals surface area contributed by atoms with Crippen molar-refractivity contribution in [1.29, 1.82) is 0 Å². The van der Waals surface area contributed by atoms with Crippen molar-refractivity contribution < 1.29 is 9.90 Å². The van der Waals surface area contributed by atoms with Crippen LogP contribution in [0.3, 0.4) is 0 Å². The van der Waals surface area contributed by atoms with Crippen molar-refractivity contribution in [2.24, 2.45) is 11.8 Å². The average molecular weight is 301 g/mol. The highest BCUT2D eigenvalue weighted by molar-refractivity contribution is 5.87. The molecule has 4 atom stereocenters. The van der Waals surface area contributed by atoms with Gasteiger partial charge in [0.05, 0.1) is 11.5 Å². The number of carbonyl (C=O) groups excluding carboxylic acids is 1. The van der Waals surface area contributed by atoms with E-state index in [0.29, 0.717) is 17.9 Å². The third-order valence-electron chi connectivity index (χ3n) is 5.86. The first-order valence-electron chi connectivity index (χ1n) is 8.40. The quantitative estimate of drug-likeness (QED) is 0.932. The summed E-state index contributed by atoms with van der Waals surface area (Å²) in [6, 6.07) is 10.4. The molecule has 0 aromatic heterocycles. The minimum Gasteiger partial charge on any atom is -0.393 e. The molecule has 0 bridgehead atoms. The van der Waals surface area contributed by atoms with E-state index < -0.39 is 5.41 Å². The number of hydrogen-bond acceptors (Lipinski definition) is 2. The topological polar surface area (TPSA) is 40.5 Å². The number of aliphatic hydroxyl groups excluding tert-OH is 1. The number of fused-ring (bicyclic) bond motifs is 1. The highest BCUT2D eigenvalue weighted by Crippen LogP contribution is 2.46. The Morgan fingerprint density at radius 3 is 2.18 bits per heavy atom. The fraction of sp³-hybridized carbons (Fsp3) is 0.632. The number of nitrogens with zero attached hydrogens (tertiary/aromatic N) is 1. The molecule has 2 fully saturated rings. The van der Waals surface area contributed by atoms with Gasteiger partial charge < -0.3 is 10.0 Å². The van der Waals surface area contributed by atoms with Gasteiger partial charge in [-0.05, 0) is 56.9 Å². The summed E-state index contributed by atoms with van der Waals surface area (Å²) in [4.78, 5) is 15.0. The van der Waals surface area contributed by atoms with Crippen LogP contribution in [0.5, 0.6) is 0 Å². The first kappa shape index (κ1) is 15.5. The third kappa shape index (κ3) is 2.67. The fourth-order valence-corrected chi connectivity index (χ4v) is 4.45. The molecule has 0 aliphatic heterocycles. The number of likely N-dealkylation sites (N-methyl/N-ethyl adjacent to an activating group) is 1. The van der Waals surface area contributed by atoms with Gasteiger partial charge in [-0.3, -0.25) is 4.79 Å². The van der Waals surface area contributed by atoms with Gasteiger partial charge in [-0.15, -0.1) is 0 Å². The third-order valence-corrected chi connectivity index (χ3v) is 5.86. The Hall–Kier alpha value is -1.35. The monoisotopic (exact) mass is 301 g/mol. The zero-order valence-electron chi connectivity index (χ0n) is 13.8. The Kier molecular flexibility index (Phi) is 4.02. The minimum absolute atomic E-state index is 0.113. The molecule has 3 rings (SSSR count). The molecule has 0 heterocycles. The smallest absolute Gasteiger partial charge is 0.232 e. The first-order chi connectivity index (χ1) is 10.4. The fourth-order valence-electron chi connectivity index (χ4n) is 4.45. The Morgan fingerprint density at radius 2 is 1.64 bits per heavy atom. The second kappa shape index (κ2) is 5.69. The molecule has 1 amide bonds. The van der Waals surface area contributed by atoms with E-state index in [1.165, 1.54) is 0 Å². The van der Waals surface area contributed by atoms with Crippen LogP contribution in [0.4, 0.5) is 0 Å². The molecule has 3 nitrogen and oxygen atoms in total. The maximum absolute atomic E-state index is 13.0. The number of rotatable bonds is 3. The van der Waals surface area contributed by atoms with Crippen molar-refractivity contribution in [3.8, 4) is 0 Å². The molecule has 1 aromatic rings. The molecule has 1 N–H and O–H groups in total. The number of carbonyl (C=O) groups is 1. The Balaban J connectivity index is 1.70. The summed E-state index contributed by atoms with van der Waals surface area (Å²) in [6.07, 6.45) is 3.83. The first-order valence-corrected chi connectivity index (χ1v) is 8.40. The Morgan fingerprint density at radius 1 is 1.09 bits per heavy atom. The van der Waals surface area contributed by atoms with Gasteiger partial charge in [0.2, 0.25) is 5.91 Å². The SMILES string of the molecule is CN(C(=O)C(C)(C)c1ccccc1)C1C[C@H]2CC(O)C[C@H]2C1. The number of benzene rings is 1. The van der Waals surface area contributed by atoms with E-state index in [1.54, 1.807) is 0 Å². The predicted molar refractivity (Wildman–Crippen MR) is 87.5 cm³/mol. The molecule has 2 unspecified atom stereocenters. The van der Waals surface area contributed by atoms with Crippen LogP contribution in [0.2, 0.25) is 0 Å².